The monoisotopic (exact) mass is 304 g/mol. The van der Waals surface area contributed by atoms with Crippen LogP contribution in [0.15, 0.2) is 59.1 Å². The molecule has 18 heavy (non-hydrogen) atoms. The molecule has 0 spiro atoms. The summed E-state index contributed by atoms with van der Waals surface area (Å²) in [6, 6.07) is 13.2. The second-order valence-electron chi connectivity index (χ2n) is 3.76. The molecule has 1 nitrogen and oxygen atoms in total. The Morgan fingerprint density at radius 2 is 1.89 bits per heavy atom. The summed E-state index contributed by atoms with van der Waals surface area (Å²) >= 11 is 3.31. The van der Waals surface area contributed by atoms with Gasteiger partial charge in [0.2, 0.25) is 0 Å². The van der Waals surface area contributed by atoms with Crippen molar-refractivity contribution in [2.75, 3.05) is 0 Å². The molecular formula is C15H10BrFO. The lowest BCUT2D eigenvalue weighted by Crippen LogP contribution is -1.93. The van der Waals surface area contributed by atoms with Crippen LogP contribution in [0.25, 0.3) is 6.08 Å². The molecule has 2 aromatic carbocycles. The van der Waals surface area contributed by atoms with E-state index in [-0.39, 0.29) is 11.6 Å². The smallest absolute Gasteiger partial charge is 0.185 e. The molecule has 2 rings (SSSR count). The van der Waals surface area contributed by atoms with E-state index in [0.29, 0.717) is 11.1 Å². The van der Waals surface area contributed by atoms with Gasteiger partial charge in [-0.3, -0.25) is 4.79 Å². The van der Waals surface area contributed by atoms with Crippen molar-refractivity contribution in [2.45, 2.75) is 0 Å². The number of carbonyl (C=O) groups excluding carboxylic acids is 1. The van der Waals surface area contributed by atoms with Crippen LogP contribution in [0.3, 0.4) is 0 Å². The Balaban J connectivity index is 2.17. The lowest BCUT2D eigenvalue weighted by molar-refractivity contribution is 0.104. The molecule has 0 aromatic heterocycles. The Labute approximate surface area is 113 Å². The molecule has 0 saturated heterocycles. The molecule has 0 radical (unpaired) electrons. The predicted molar refractivity (Wildman–Crippen MR) is 73.9 cm³/mol. The van der Waals surface area contributed by atoms with Crippen molar-refractivity contribution >= 4 is 27.8 Å². The highest BCUT2D eigenvalue weighted by molar-refractivity contribution is 9.10. The molecule has 3 heteroatoms. The summed E-state index contributed by atoms with van der Waals surface area (Å²) in [5.74, 6) is -0.424. The van der Waals surface area contributed by atoms with E-state index in [2.05, 4.69) is 15.9 Å². The van der Waals surface area contributed by atoms with Crippen LogP contribution in [0.1, 0.15) is 15.9 Å². The Kier molecular flexibility index (Phi) is 4.05. The Morgan fingerprint density at radius 1 is 1.11 bits per heavy atom. The molecule has 0 saturated carbocycles. The van der Waals surface area contributed by atoms with Crippen LogP contribution in [0, 0.1) is 5.82 Å². The summed E-state index contributed by atoms with van der Waals surface area (Å²) in [5.41, 5.74) is 1.26. The summed E-state index contributed by atoms with van der Waals surface area (Å²) in [4.78, 5) is 11.9. The van der Waals surface area contributed by atoms with Crippen LogP contribution >= 0.6 is 15.9 Å². The van der Waals surface area contributed by atoms with Gasteiger partial charge in [-0.1, -0.05) is 46.3 Å². The van der Waals surface area contributed by atoms with Crippen molar-refractivity contribution in [1.29, 1.82) is 0 Å². The molecule has 0 heterocycles. The lowest BCUT2D eigenvalue weighted by atomic mass is 10.1. The number of rotatable bonds is 3. The van der Waals surface area contributed by atoms with Crippen LogP contribution in [0.2, 0.25) is 0 Å². The van der Waals surface area contributed by atoms with Crippen LogP contribution < -0.4 is 0 Å². The molecule has 0 amide bonds. The number of benzene rings is 2. The number of allylic oxidation sites excluding steroid dienone is 1. The zero-order valence-electron chi connectivity index (χ0n) is 9.44. The second-order valence-corrected chi connectivity index (χ2v) is 4.68. The first kappa shape index (κ1) is 12.7. The highest BCUT2D eigenvalue weighted by atomic mass is 79.9. The topological polar surface area (TPSA) is 17.1 Å². The second kappa shape index (κ2) is 5.74. The fourth-order valence-corrected chi connectivity index (χ4v) is 1.92. The molecule has 0 aliphatic heterocycles. The maximum absolute atomic E-state index is 12.9. The fraction of sp³-hybridized carbons (Fsp3) is 0. The van der Waals surface area contributed by atoms with E-state index in [1.807, 2.05) is 6.07 Å². The SMILES string of the molecule is O=C(C=Cc1cccc(F)c1)c1cccc(Br)c1. The molecule has 0 bridgehead atoms. The Morgan fingerprint density at radius 3 is 2.61 bits per heavy atom. The predicted octanol–water partition coefficient (Wildman–Crippen LogP) is 4.48. The van der Waals surface area contributed by atoms with Crippen LogP contribution in [0.4, 0.5) is 4.39 Å². The van der Waals surface area contributed by atoms with Gasteiger partial charge in [0.25, 0.3) is 0 Å². The summed E-state index contributed by atoms with van der Waals surface area (Å²) < 4.78 is 13.8. The minimum absolute atomic E-state index is 0.111. The average Bonchev–Trinajstić information content (AvgIpc) is 2.36. The Hall–Kier alpha value is -1.74. The van der Waals surface area contributed by atoms with Crippen molar-refractivity contribution in [2.24, 2.45) is 0 Å². The minimum atomic E-state index is -0.313. The van der Waals surface area contributed by atoms with E-state index in [1.165, 1.54) is 18.2 Å². The van der Waals surface area contributed by atoms with Crippen molar-refractivity contribution in [3.8, 4) is 0 Å². The summed E-state index contributed by atoms with van der Waals surface area (Å²) in [7, 11) is 0. The highest BCUT2D eigenvalue weighted by Crippen LogP contribution is 2.13. The average molecular weight is 305 g/mol. The lowest BCUT2D eigenvalue weighted by Gasteiger charge is -1.97. The van der Waals surface area contributed by atoms with Gasteiger partial charge in [0, 0.05) is 10.0 Å². The molecular weight excluding hydrogens is 295 g/mol. The zero-order valence-corrected chi connectivity index (χ0v) is 11.0. The molecule has 90 valence electrons. The number of hydrogen-bond donors (Lipinski definition) is 0. The zero-order chi connectivity index (χ0) is 13.0. The largest absolute Gasteiger partial charge is 0.289 e. The molecule has 0 N–H and O–H groups in total. The van der Waals surface area contributed by atoms with Gasteiger partial charge in [-0.25, -0.2) is 4.39 Å². The number of carbonyl (C=O) groups is 1. The van der Waals surface area contributed by atoms with E-state index >= 15 is 0 Å². The Bertz CT molecular complexity index is 605. The number of hydrogen-bond acceptors (Lipinski definition) is 1. The van der Waals surface area contributed by atoms with E-state index in [0.717, 1.165) is 4.47 Å². The van der Waals surface area contributed by atoms with E-state index in [1.54, 1.807) is 36.4 Å². The van der Waals surface area contributed by atoms with Crippen LogP contribution in [-0.2, 0) is 0 Å². The third kappa shape index (κ3) is 3.37. The quantitative estimate of drug-likeness (QED) is 0.603. The highest BCUT2D eigenvalue weighted by Gasteiger charge is 2.01. The first-order chi connectivity index (χ1) is 8.65. The maximum atomic E-state index is 12.9. The summed E-state index contributed by atoms with van der Waals surface area (Å²) in [6.07, 6.45) is 3.04. The van der Waals surface area contributed by atoms with Gasteiger partial charge in [0.05, 0.1) is 0 Å². The maximum Gasteiger partial charge on any atom is 0.185 e. The summed E-state index contributed by atoms with van der Waals surface area (Å²) in [6.45, 7) is 0. The van der Waals surface area contributed by atoms with Gasteiger partial charge in [-0.15, -0.1) is 0 Å². The molecule has 2 aromatic rings. The van der Waals surface area contributed by atoms with Crippen LogP contribution in [-0.4, -0.2) is 5.78 Å². The normalized spacial score (nSPS) is 10.8. The fourth-order valence-electron chi connectivity index (χ4n) is 1.52. The van der Waals surface area contributed by atoms with Gasteiger partial charge >= 0.3 is 0 Å². The van der Waals surface area contributed by atoms with Gasteiger partial charge in [-0.05, 0) is 35.9 Å². The molecule has 0 fully saturated rings. The van der Waals surface area contributed by atoms with Gasteiger partial charge in [0.1, 0.15) is 5.82 Å². The third-order valence-corrected chi connectivity index (χ3v) is 2.88. The van der Waals surface area contributed by atoms with Gasteiger partial charge < -0.3 is 0 Å². The van der Waals surface area contributed by atoms with Crippen molar-refractivity contribution in [3.05, 3.63) is 76.0 Å². The van der Waals surface area contributed by atoms with E-state index in [9.17, 15) is 9.18 Å². The van der Waals surface area contributed by atoms with Gasteiger partial charge in [-0.2, -0.15) is 0 Å². The van der Waals surface area contributed by atoms with E-state index in [4.69, 9.17) is 0 Å². The molecule has 0 aliphatic rings. The van der Waals surface area contributed by atoms with Crippen molar-refractivity contribution in [1.82, 2.24) is 0 Å². The first-order valence-corrected chi connectivity index (χ1v) is 6.18. The van der Waals surface area contributed by atoms with Crippen molar-refractivity contribution < 1.29 is 9.18 Å². The van der Waals surface area contributed by atoms with Crippen molar-refractivity contribution in [3.63, 3.8) is 0 Å². The number of ketones is 1. The third-order valence-electron chi connectivity index (χ3n) is 2.38. The van der Waals surface area contributed by atoms with Gasteiger partial charge in [0.15, 0.2) is 5.78 Å². The minimum Gasteiger partial charge on any atom is -0.289 e. The van der Waals surface area contributed by atoms with Crippen LogP contribution in [0.5, 0.6) is 0 Å². The summed E-state index contributed by atoms with van der Waals surface area (Å²) in [5, 5.41) is 0. The molecule has 0 atom stereocenters. The number of halogens is 2. The van der Waals surface area contributed by atoms with E-state index < -0.39 is 0 Å². The first-order valence-electron chi connectivity index (χ1n) is 5.39. The standard InChI is InChI=1S/C15H10BrFO/c16-13-5-2-4-12(10-13)15(18)8-7-11-3-1-6-14(17)9-11/h1-10H. The molecule has 0 aliphatic carbocycles. The molecule has 0 unspecified atom stereocenters.